The lowest BCUT2D eigenvalue weighted by atomic mass is 9.92. The van der Waals surface area contributed by atoms with Crippen molar-refractivity contribution in [2.45, 2.75) is 19.4 Å². The van der Waals surface area contributed by atoms with Crippen molar-refractivity contribution in [2.24, 2.45) is 0 Å². The van der Waals surface area contributed by atoms with Crippen molar-refractivity contribution < 1.29 is 14.3 Å². The van der Waals surface area contributed by atoms with Gasteiger partial charge >= 0.3 is 0 Å². The van der Waals surface area contributed by atoms with E-state index in [4.69, 9.17) is 9.47 Å². The number of anilines is 1. The number of fused-ring (bicyclic) bond motifs is 1. The largest absolute Gasteiger partial charge is 0.496 e. The Morgan fingerprint density at radius 3 is 2.59 bits per heavy atom. The van der Waals surface area contributed by atoms with Gasteiger partial charge in [-0.2, -0.15) is 0 Å². The number of rotatable bonds is 4. The Morgan fingerprint density at radius 1 is 1.22 bits per heavy atom. The van der Waals surface area contributed by atoms with Gasteiger partial charge in [0.25, 0.3) is 5.91 Å². The first-order chi connectivity index (χ1) is 12.5. The number of methoxy groups -OCH3 is 2. The lowest BCUT2D eigenvalue weighted by molar-refractivity contribution is 0.102. The molecule has 0 aliphatic carbocycles. The van der Waals surface area contributed by atoms with E-state index in [1.54, 1.807) is 26.4 Å². The summed E-state index contributed by atoms with van der Waals surface area (Å²) < 4.78 is 11.4. The summed E-state index contributed by atoms with van der Waals surface area (Å²) in [5.41, 5.74) is 3.79. The van der Waals surface area contributed by atoms with E-state index < -0.39 is 0 Å². The number of likely N-dealkylation sites (N-methyl/N-ethyl adjacent to an activating group) is 1. The SMILES string of the molecule is COc1cc(OC)c(C(=O)Nc2cccc3c2CCN(C)C3C)cc1Br.Cl. The summed E-state index contributed by atoms with van der Waals surface area (Å²) in [6, 6.07) is 9.84. The quantitative estimate of drug-likeness (QED) is 0.727. The van der Waals surface area contributed by atoms with Crippen molar-refractivity contribution >= 4 is 39.9 Å². The fourth-order valence-corrected chi connectivity index (χ4v) is 3.84. The highest BCUT2D eigenvalue weighted by molar-refractivity contribution is 9.10. The molecule has 0 radical (unpaired) electrons. The first-order valence-corrected chi connectivity index (χ1v) is 9.30. The maximum absolute atomic E-state index is 12.9. The lowest BCUT2D eigenvalue weighted by Gasteiger charge is -2.33. The number of nitrogens with one attached hydrogen (secondary N) is 1. The van der Waals surface area contributed by atoms with Crippen LogP contribution in [0, 0.1) is 0 Å². The summed E-state index contributed by atoms with van der Waals surface area (Å²) >= 11 is 3.43. The van der Waals surface area contributed by atoms with Crippen LogP contribution in [0.25, 0.3) is 0 Å². The van der Waals surface area contributed by atoms with E-state index in [9.17, 15) is 4.79 Å². The number of ether oxygens (including phenoxy) is 2. The molecule has 5 nitrogen and oxygen atoms in total. The first-order valence-electron chi connectivity index (χ1n) is 8.51. The Labute approximate surface area is 174 Å². The zero-order valence-corrected chi connectivity index (χ0v) is 18.2. The summed E-state index contributed by atoms with van der Waals surface area (Å²) in [6.45, 7) is 3.16. The van der Waals surface area contributed by atoms with Crippen molar-refractivity contribution in [1.82, 2.24) is 4.90 Å². The third-order valence-corrected chi connectivity index (χ3v) is 5.62. The second kappa shape index (κ2) is 8.95. The van der Waals surface area contributed by atoms with Gasteiger partial charge in [-0.3, -0.25) is 9.69 Å². The van der Waals surface area contributed by atoms with Gasteiger partial charge in [0.2, 0.25) is 0 Å². The van der Waals surface area contributed by atoms with Crippen LogP contribution in [0.2, 0.25) is 0 Å². The van der Waals surface area contributed by atoms with Crippen LogP contribution in [0.15, 0.2) is 34.8 Å². The van der Waals surface area contributed by atoms with E-state index in [1.807, 2.05) is 12.1 Å². The minimum Gasteiger partial charge on any atom is -0.496 e. The van der Waals surface area contributed by atoms with Crippen LogP contribution in [0.5, 0.6) is 11.5 Å². The van der Waals surface area contributed by atoms with Crippen LogP contribution in [-0.4, -0.2) is 38.6 Å². The van der Waals surface area contributed by atoms with Crippen molar-refractivity contribution in [2.75, 3.05) is 33.1 Å². The molecular weight excluding hydrogens is 432 g/mol. The smallest absolute Gasteiger partial charge is 0.259 e. The van der Waals surface area contributed by atoms with E-state index in [0.29, 0.717) is 27.6 Å². The molecule has 1 amide bonds. The molecule has 146 valence electrons. The Bertz CT molecular complexity index is 844. The van der Waals surface area contributed by atoms with Crippen molar-refractivity contribution in [3.05, 3.63) is 51.5 Å². The second-order valence-electron chi connectivity index (χ2n) is 6.42. The molecule has 0 aromatic heterocycles. The average Bonchev–Trinajstić information content (AvgIpc) is 2.64. The van der Waals surface area contributed by atoms with Crippen LogP contribution in [0.4, 0.5) is 5.69 Å². The molecule has 0 saturated heterocycles. The fraction of sp³-hybridized carbons (Fsp3) is 0.350. The van der Waals surface area contributed by atoms with Crippen molar-refractivity contribution in [3.63, 3.8) is 0 Å². The number of carbonyl (C=O) groups is 1. The molecule has 27 heavy (non-hydrogen) atoms. The number of hydrogen-bond donors (Lipinski definition) is 1. The minimum atomic E-state index is -0.204. The predicted molar refractivity (Wildman–Crippen MR) is 114 cm³/mol. The normalized spacial score (nSPS) is 16.1. The van der Waals surface area contributed by atoms with E-state index in [0.717, 1.165) is 18.7 Å². The number of halogens is 2. The lowest BCUT2D eigenvalue weighted by Crippen LogP contribution is -2.31. The zero-order valence-electron chi connectivity index (χ0n) is 15.8. The highest BCUT2D eigenvalue weighted by atomic mass is 79.9. The van der Waals surface area contributed by atoms with Crippen LogP contribution < -0.4 is 14.8 Å². The van der Waals surface area contributed by atoms with Gasteiger partial charge in [0, 0.05) is 24.3 Å². The van der Waals surface area contributed by atoms with Gasteiger partial charge in [-0.15, -0.1) is 12.4 Å². The molecule has 1 aliphatic heterocycles. The molecule has 1 aliphatic rings. The van der Waals surface area contributed by atoms with Crippen LogP contribution in [0.1, 0.15) is 34.5 Å². The number of hydrogen-bond acceptors (Lipinski definition) is 4. The first kappa shape index (κ1) is 21.5. The molecular formula is C20H24BrClN2O3. The molecule has 1 N–H and O–H groups in total. The number of amides is 1. The Balaban J connectivity index is 0.00000261. The van der Waals surface area contributed by atoms with Crippen LogP contribution in [0.3, 0.4) is 0 Å². The third kappa shape index (κ3) is 4.23. The Kier molecular flexibility index (Phi) is 7.14. The van der Waals surface area contributed by atoms with Gasteiger partial charge in [-0.1, -0.05) is 12.1 Å². The average molecular weight is 456 g/mol. The fourth-order valence-electron chi connectivity index (χ4n) is 3.34. The van der Waals surface area contributed by atoms with E-state index in [1.165, 1.54) is 11.1 Å². The summed E-state index contributed by atoms with van der Waals surface area (Å²) in [5, 5.41) is 3.06. The van der Waals surface area contributed by atoms with Crippen molar-refractivity contribution in [1.29, 1.82) is 0 Å². The van der Waals surface area contributed by atoms with E-state index >= 15 is 0 Å². The van der Waals surface area contributed by atoms with Crippen LogP contribution >= 0.6 is 28.3 Å². The molecule has 2 aromatic carbocycles. The predicted octanol–water partition coefficient (Wildman–Crippen LogP) is 4.69. The molecule has 7 heteroatoms. The molecule has 0 spiro atoms. The summed E-state index contributed by atoms with van der Waals surface area (Å²) in [4.78, 5) is 15.2. The molecule has 1 heterocycles. The Morgan fingerprint density at radius 2 is 1.93 bits per heavy atom. The summed E-state index contributed by atoms with van der Waals surface area (Å²) in [7, 11) is 5.24. The number of nitrogens with zero attached hydrogens (tertiary/aromatic N) is 1. The molecule has 0 saturated carbocycles. The zero-order chi connectivity index (χ0) is 18.8. The Hall–Kier alpha value is -1.76. The maximum Gasteiger partial charge on any atom is 0.259 e. The van der Waals surface area contributed by atoms with Crippen LogP contribution in [-0.2, 0) is 6.42 Å². The highest BCUT2D eigenvalue weighted by Crippen LogP contribution is 2.35. The number of benzene rings is 2. The molecule has 1 unspecified atom stereocenters. The van der Waals surface area contributed by atoms with E-state index in [-0.39, 0.29) is 18.3 Å². The molecule has 2 aromatic rings. The molecule has 0 bridgehead atoms. The second-order valence-corrected chi connectivity index (χ2v) is 7.28. The maximum atomic E-state index is 12.9. The summed E-state index contributed by atoms with van der Waals surface area (Å²) in [5.74, 6) is 0.887. The molecule has 1 atom stereocenters. The monoisotopic (exact) mass is 454 g/mol. The van der Waals surface area contributed by atoms with Gasteiger partial charge in [0.15, 0.2) is 0 Å². The molecule has 3 rings (SSSR count). The van der Waals surface area contributed by atoms with Gasteiger partial charge < -0.3 is 14.8 Å². The summed E-state index contributed by atoms with van der Waals surface area (Å²) in [6.07, 6.45) is 0.913. The van der Waals surface area contributed by atoms with Gasteiger partial charge in [-0.05, 0) is 59.6 Å². The number of carbonyl (C=O) groups excluding carboxylic acids is 1. The standard InChI is InChI=1S/C20H23BrN2O3.ClH/c1-12-13-6-5-7-17(14(13)8-9-23(12)2)22-20(24)15-10-16(21)19(26-4)11-18(15)25-3;/h5-7,10-12H,8-9H2,1-4H3,(H,22,24);1H. The highest BCUT2D eigenvalue weighted by Gasteiger charge is 2.24. The van der Waals surface area contributed by atoms with Gasteiger partial charge in [-0.25, -0.2) is 0 Å². The van der Waals surface area contributed by atoms with E-state index in [2.05, 4.69) is 46.2 Å². The topological polar surface area (TPSA) is 50.8 Å². The minimum absolute atomic E-state index is 0. The van der Waals surface area contributed by atoms with Gasteiger partial charge in [0.1, 0.15) is 11.5 Å². The molecule has 0 fully saturated rings. The van der Waals surface area contributed by atoms with Crippen molar-refractivity contribution in [3.8, 4) is 11.5 Å². The van der Waals surface area contributed by atoms with Gasteiger partial charge in [0.05, 0.1) is 24.3 Å². The third-order valence-electron chi connectivity index (χ3n) is 5.00.